The number of benzene rings is 3. The molecule has 0 saturated carbocycles. The van der Waals surface area contributed by atoms with E-state index >= 15 is 0 Å². The molecule has 7 nitrogen and oxygen atoms in total. The summed E-state index contributed by atoms with van der Waals surface area (Å²) in [6.45, 7) is 0. The van der Waals surface area contributed by atoms with Gasteiger partial charge in [0.2, 0.25) is 0 Å². The average Bonchev–Trinajstić information content (AvgIpc) is 3.14. The van der Waals surface area contributed by atoms with E-state index in [2.05, 4.69) is 10.3 Å². The minimum Gasteiger partial charge on any atom is -0.332 e. The van der Waals surface area contributed by atoms with Gasteiger partial charge in [0, 0.05) is 30.9 Å². The minimum absolute atomic E-state index is 0.201. The molecule has 32 heavy (non-hydrogen) atoms. The Kier molecular flexibility index (Phi) is 4.71. The zero-order valence-electron chi connectivity index (χ0n) is 17.4. The van der Waals surface area contributed by atoms with Crippen molar-refractivity contribution in [3.05, 3.63) is 87.4 Å². The fraction of sp³-hybridized carbons (Fsp3) is 0.0833. The molecule has 0 spiro atoms. The van der Waals surface area contributed by atoms with Gasteiger partial charge in [0.1, 0.15) is 5.82 Å². The number of carbonyl (C=O) groups excluding carboxylic acids is 1. The quantitative estimate of drug-likeness (QED) is 0.407. The van der Waals surface area contributed by atoms with Crippen LogP contribution in [-0.2, 0) is 14.1 Å². The highest BCUT2D eigenvalue weighted by Gasteiger charge is 2.12. The maximum absolute atomic E-state index is 12.8. The highest BCUT2D eigenvalue weighted by atomic mass is 32.1. The smallest absolute Gasteiger partial charge is 0.261 e. The van der Waals surface area contributed by atoms with Crippen LogP contribution in [0.25, 0.3) is 33.3 Å². The molecule has 0 saturated heterocycles. The van der Waals surface area contributed by atoms with Gasteiger partial charge in [-0.05, 0) is 66.8 Å². The number of aryl methyl sites for hydroxylation is 1. The van der Waals surface area contributed by atoms with Crippen LogP contribution in [0.3, 0.4) is 0 Å². The number of hydrogen-bond acceptors (Lipinski definition) is 4. The van der Waals surface area contributed by atoms with Gasteiger partial charge in [0.05, 0.1) is 21.9 Å². The van der Waals surface area contributed by atoms with E-state index in [4.69, 9.17) is 17.2 Å². The van der Waals surface area contributed by atoms with Crippen LogP contribution in [0, 0.1) is 4.77 Å². The summed E-state index contributed by atoms with van der Waals surface area (Å²) in [5, 5.41) is 3.37. The van der Waals surface area contributed by atoms with Gasteiger partial charge in [-0.2, -0.15) is 0 Å². The molecular formula is C24H19N5O2S. The van der Waals surface area contributed by atoms with Crippen molar-refractivity contribution in [2.75, 3.05) is 5.32 Å². The lowest BCUT2D eigenvalue weighted by Crippen LogP contribution is -2.19. The van der Waals surface area contributed by atoms with Gasteiger partial charge in [-0.1, -0.05) is 12.1 Å². The molecule has 1 amide bonds. The van der Waals surface area contributed by atoms with Gasteiger partial charge in [-0.3, -0.25) is 14.2 Å². The van der Waals surface area contributed by atoms with Crippen molar-refractivity contribution < 1.29 is 4.79 Å². The molecule has 0 radical (unpaired) electrons. The molecule has 0 atom stereocenters. The van der Waals surface area contributed by atoms with Crippen LogP contribution in [0.1, 0.15) is 10.4 Å². The van der Waals surface area contributed by atoms with Crippen molar-refractivity contribution in [1.29, 1.82) is 0 Å². The first-order chi connectivity index (χ1) is 15.4. The lowest BCUT2D eigenvalue weighted by Gasteiger charge is -2.08. The fourth-order valence-electron chi connectivity index (χ4n) is 3.76. The van der Waals surface area contributed by atoms with Crippen molar-refractivity contribution in [3.8, 4) is 11.4 Å². The molecule has 0 bridgehead atoms. The fourth-order valence-corrected chi connectivity index (χ4v) is 3.95. The number of anilines is 1. The number of aromatic nitrogens is 4. The number of nitrogens with one attached hydrogen (secondary N) is 2. The Hall–Kier alpha value is -4.04. The number of carbonyl (C=O) groups is 1. The van der Waals surface area contributed by atoms with Gasteiger partial charge in [-0.25, -0.2) is 4.98 Å². The van der Waals surface area contributed by atoms with Gasteiger partial charge in [0.15, 0.2) is 4.77 Å². The summed E-state index contributed by atoms with van der Waals surface area (Å²) >= 11 is 5.16. The summed E-state index contributed by atoms with van der Waals surface area (Å²) in [6.07, 6.45) is 0. The second-order valence-electron chi connectivity index (χ2n) is 7.57. The first-order valence-electron chi connectivity index (χ1n) is 9.99. The summed E-state index contributed by atoms with van der Waals surface area (Å²) in [5.41, 5.74) is 4.37. The van der Waals surface area contributed by atoms with Gasteiger partial charge < -0.3 is 14.9 Å². The van der Waals surface area contributed by atoms with Crippen molar-refractivity contribution in [1.82, 2.24) is 19.1 Å². The van der Waals surface area contributed by atoms with E-state index in [0.29, 0.717) is 26.9 Å². The molecule has 3 aromatic carbocycles. The van der Waals surface area contributed by atoms with E-state index in [1.807, 2.05) is 60.1 Å². The third-order valence-corrected chi connectivity index (χ3v) is 5.93. The molecule has 0 fully saturated rings. The average molecular weight is 442 g/mol. The predicted octanol–water partition coefficient (Wildman–Crippen LogP) is 4.40. The van der Waals surface area contributed by atoms with Crippen LogP contribution in [0.5, 0.6) is 0 Å². The van der Waals surface area contributed by atoms with Crippen LogP contribution >= 0.6 is 12.2 Å². The molecular weight excluding hydrogens is 422 g/mol. The third kappa shape index (κ3) is 3.30. The Morgan fingerprint density at radius 1 is 1.00 bits per heavy atom. The maximum Gasteiger partial charge on any atom is 0.261 e. The number of para-hydroxylation sites is 2. The number of aromatic amines is 1. The number of fused-ring (bicyclic) bond motifs is 2. The molecule has 2 heterocycles. The number of rotatable bonds is 3. The van der Waals surface area contributed by atoms with E-state index in [1.165, 1.54) is 4.57 Å². The number of hydrogen-bond donors (Lipinski definition) is 2. The Labute approximate surface area is 188 Å². The molecule has 0 aliphatic rings. The zero-order chi connectivity index (χ0) is 22.4. The van der Waals surface area contributed by atoms with Gasteiger partial charge >= 0.3 is 0 Å². The zero-order valence-corrected chi connectivity index (χ0v) is 18.2. The first-order valence-corrected chi connectivity index (χ1v) is 10.4. The summed E-state index contributed by atoms with van der Waals surface area (Å²) in [4.78, 5) is 32.8. The molecule has 5 rings (SSSR count). The Balaban J connectivity index is 1.41. The summed E-state index contributed by atoms with van der Waals surface area (Å²) in [7, 11) is 3.59. The molecule has 0 aliphatic heterocycles. The van der Waals surface area contributed by atoms with Crippen LogP contribution < -0.4 is 10.9 Å². The Bertz CT molecular complexity index is 1630. The van der Waals surface area contributed by atoms with Gasteiger partial charge in [-0.15, -0.1) is 0 Å². The SMILES string of the molecule is Cn1c(=S)[nH]c2cc(C(=O)Nc3ccc(-c4nc5ccccc5n4C)cc3)ccc2c1=O. The number of amides is 1. The first kappa shape index (κ1) is 19.9. The van der Waals surface area contributed by atoms with E-state index in [9.17, 15) is 9.59 Å². The molecule has 0 aliphatic carbocycles. The Morgan fingerprint density at radius 2 is 1.75 bits per heavy atom. The molecule has 158 valence electrons. The van der Waals surface area contributed by atoms with Crippen LogP contribution in [0.15, 0.2) is 71.5 Å². The topological polar surface area (TPSA) is 84.7 Å². The third-order valence-electron chi connectivity index (χ3n) is 5.55. The van der Waals surface area contributed by atoms with Crippen molar-refractivity contribution in [2.24, 2.45) is 14.1 Å². The largest absolute Gasteiger partial charge is 0.332 e. The van der Waals surface area contributed by atoms with E-state index in [-0.39, 0.29) is 11.5 Å². The standard InChI is InChI=1S/C24H19N5O2S/c1-28-20-6-4-3-5-18(20)26-21(28)14-7-10-16(11-8-14)25-22(30)15-9-12-17-19(13-15)27-24(32)29(2)23(17)31/h3-13H,1-2H3,(H,25,30)(H,27,32). The number of nitrogens with zero attached hydrogens (tertiary/aromatic N) is 3. The highest BCUT2D eigenvalue weighted by molar-refractivity contribution is 7.71. The van der Waals surface area contributed by atoms with Crippen LogP contribution in [0.4, 0.5) is 5.69 Å². The molecule has 2 aromatic heterocycles. The second-order valence-corrected chi connectivity index (χ2v) is 7.96. The molecule has 2 N–H and O–H groups in total. The van der Waals surface area contributed by atoms with E-state index < -0.39 is 0 Å². The normalized spacial score (nSPS) is 11.2. The maximum atomic E-state index is 12.8. The van der Waals surface area contributed by atoms with E-state index in [1.54, 1.807) is 25.2 Å². The molecule has 8 heteroatoms. The van der Waals surface area contributed by atoms with Crippen LogP contribution in [0.2, 0.25) is 0 Å². The summed E-state index contributed by atoms with van der Waals surface area (Å²) in [5.74, 6) is 0.581. The number of imidazole rings is 1. The second kappa shape index (κ2) is 7.58. The number of H-pyrrole nitrogens is 1. The lowest BCUT2D eigenvalue weighted by molar-refractivity contribution is 0.102. The summed E-state index contributed by atoms with van der Waals surface area (Å²) in [6, 6.07) is 20.4. The molecule has 5 aromatic rings. The monoisotopic (exact) mass is 441 g/mol. The minimum atomic E-state index is -0.276. The van der Waals surface area contributed by atoms with Crippen molar-refractivity contribution in [2.45, 2.75) is 0 Å². The lowest BCUT2D eigenvalue weighted by atomic mass is 10.1. The summed E-state index contributed by atoms with van der Waals surface area (Å²) < 4.78 is 3.72. The van der Waals surface area contributed by atoms with E-state index in [0.717, 1.165) is 22.4 Å². The van der Waals surface area contributed by atoms with Crippen molar-refractivity contribution in [3.63, 3.8) is 0 Å². The van der Waals surface area contributed by atoms with Crippen LogP contribution in [-0.4, -0.2) is 25.0 Å². The molecule has 0 unspecified atom stereocenters. The van der Waals surface area contributed by atoms with Gasteiger partial charge in [0.25, 0.3) is 11.5 Å². The highest BCUT2D eigenvalue weighted by Crippen LogP contribution is 2.25. The van der Waals surface area contributed by atoms with Crippen molar-refractivity contribution >= 4 is 45.7 Å². The predicted molar refractivity (Wildman–Crippen MR) is 128 cm³/mol. The Morgan fingerprint density at radius 3 is 2.50 bits per heavy atom.